The molecule has 2 heterocycles. The van der Waals surface area contributed by atoms with Gasteiger partial charge >= 0.3 is 0 Å². The van der Waals surface area contributed by atoms with Crippen molar-refractivity contribution in [1.29, 1.82) is 0 Å². The molecule has 0 fully saturated rings. The average molecular weight is 317 g/mol. The molecule has 2 rings (SSSR count). The summed E-state index contributed by atoms with van der Waals surface area (Å²) in [5, 5.41) is 3.21. The molecule has 0 aromatic carbocycles. The fourth-order valence-corrected chi connectivity index (χ4v) is 3.61. The number of thiophene rings is 1. The van der Waals surface area contributed by atoms with Crippen molar-refractivity contribution in [2.75, 3.05) is 6.54 Å². The zero-order valence-electron chi connectivity index (χ0n) is 9.16. The minimum atomic E-state index is -0.0303. The molecule has 0 spiro atoms. The van der Waals surface area contributed by atoms with Crippen LogP contribution in [-0.4, -0.2) is 11.5 Å². The van der Waals surface area contributed by atoms with Crippen LogP contribution in [0.4, 0.5) is 0 Å². The lowest BCUT2D eigenvalue weighted by Gasteiger charge is -2.18. The third kappa shape index (κ3) is 2.37. The quantitative estimate of drug-likeness (QED) is 0.933. The zero-order chi connectivity index (χ0) is 11.8. The molecule has 2 nitrogen and oxygen atoms in total. The van der Waals surface area contributed by atoms with Crippen molar-refractivity contribution in [2.24, 2.45) is 5.73 Å². The number of rotatable bonds is 3. The monoisotopic (exact) mass is 316 g/mol. The van der Waals surface area contributed by atoms with Gasteiger partial charge in [0.25, 0.3) is 0 Å². The molecule has 2 aromatic rings. The van der Waals surface area contributed by atoms with Crippen molar-refractivity contribution < 1.29 is 0 Å². The molecular weight excluding hydrogens is 304 g/mol. The maximum absolute atomic E-state index is 5.75. The van der Waals surface area contributed by atoms with Crippen LogP contribution in [0.1, 0.15) is 18.9 Å². The number of hydrogen-bond donors (Lipinski definition) is 1. The smallest absolute Gasteiger partial charge is 0.100 e. The van der Waals surface area contributed by atoms with Gasteiger partial charge in [-0.15, -0.1) is 22.7 Å². The van der Waals surface area contributed by atoms with Gasteiger partial charge in [-0.25, -0.2) is 4.98 Å². The number of nitrogens with two attached hydrogens (primary N) is 1. The fraction of sp³-hybridized carbons (Fsp3) is 0.364. The first-order valence-corrected chi connectivity index (χ1v) is 7.43. The Hall–Kier alpha value is -0.230. The number of halogens is 1. The Kier molecular flexibility index (Phi) is 3.49. The molecule has 0 aliphatic heterocycles. The van der Waals surface area contributed by atoms with Gasteiger partial charge in [0.2, 0.25) is 0 Å². The lowest BCUT2D eigenvalue weighted by molar-refractivity contribution is 0.536. The Labute approximate surface area is 112 Å². The molecule has 0 aliphatic rings. The third-order valence-corrected chi connectivity index (χ3v) is 5.27. The van der Waals surface area contributed by atoms with Gasteiger partial charge < -0.3 is 5.73 Å². The van der Waals surface area contributed by atoms with Crippen LogP contribution in [0.15, 0.2) is 21.3 Å². The molecule has 86 valence electrons. The summed E-state index contributed by atoms with van der Waals surface area (Å²) in [6.07, 6.45) is 0. The van der Waals surface area contributed by atoms with Crippen LogP contribution in [0, 0.1) is 0 Å². The van der Waals surface area contributed by atoms with Crippen molar-refractivity contribution in [3.63, 3.8) is 0 Å². The summed E-state index contributed by atoms with van der Waals surface area (Å²) < 4.78 is 1.13. The summed E-state index contributed by atoms with van der Waals surface area (Å²) >= 11 is 6.85. The van der Waals surface area contributed by atoms with E-state index >= 15 is 0 Å². The van der Waals surface area contributed by atoms with Gasteiger partial charge in [-0.3, -0.25) is 0 Å². The van der Waals surface area contributed by atoms with Crippen LogP contribution >= 0.6 is 38.6 Å². The first-order valence-electron chi connectivity index (χ1n) is 4.95. The molecule has 0 saturated heterocycles. The average Bonchev–Trinajstić information content (AvgIpc) is 2.85. The van der Waals surface area contributed by atoms with E-state index in [1.165, 1.54) is 4.88 Å². The third-order valence-electron chi connectivity index (χ3n) is 2.42. The zero-order valence-corrected chi connectivity index (χ0v) is 12.4. The van der Waals surface area contributed by atoms with E-state index in [0.29, 0.717) is 6.54 Å². The Morgan fingerprint density at radius 1 is 1.44 bits per heavy atom. The summed E-state index contributed by atoms with van der Waals surface area (Å²) in [7, 11) is 0. The highest BCUT2D eigenvalue weighted by atomic mass is 79.9. The summed E-state index contributed by atoms with van der Waals surface area (Å²) in [6.45, 7) is 4.87. The molecule has 0 amide bonds. The van der Waals surface area contributed by atoms with Crippen molar-refractivity contribution >= 4 is 38.6 Å². The van der Waals surface area contributed by atoms with Crippen molar-refractivity contribution in [3.8, 4) is 10.6 Å². The topological polar surface area (TPSA) is 38.9 Å². The van der Waals surface area contributed by atoms with Crippen LogP contribution in [0.3, 0.4) is 0 Å². The van der Waals surface area contributed by atoms with Crippen LogP contribution in [0.2, 0.25) is 0 Å². The summed E-state index contributed by atoms with van der Waals surface area (Å²) in [4.78, 5) is 5.86. The second-order valence-electron chi connectivity index (χ2n) is 4.23. The number of hydrogen-bond acceptors (Lipinski definition) is 4. The van der Waals surface area contributed by atoms with E-state index in [0.717, 1.165) is 14.5 Å². The molecule has 16 heavy (non-hydrogen) atoms. The standard InChI is InChI=1S/C11H13BrN2S2/c1-11(2,6-13)10-14-7(5-15-10)8-3-4-9(12)16-8/h3-5H,6,13H2,1-2H3. The first-order chi connectivity index (χ1) is 7.53. The van der Waals surface area contributed by atoms with E-state index in [4.69, 9.17) is 5.73 Å². The second kappa shape index (κ2) is 4.56. The molecule has 0 aliphatic carbocycles. The fourth-order valence-electron chi connectivity index (χ4n) is 1.24. The predicted octanol–water partition coefficient (Wildman–Crippen LogP) is 3.87. The van der Waals surface area contributed by atoms with E-state index in [1.807, 2.05) is 6.07 Å². The largest absolute Gasteiger partial charge is 0.330 e. The Bertz CT molecular complexity index is 488. The van der Waals surface area contributed by atoms with Crippen LogP contribution in [-0.2, 0) is 5.41 Å². The van der Waals surface area contributed by atoms with Crippen LogP contribution in [0.5, 0.6) is 0 Å². The molecule has 0 bridgehead atoms. The first kappa shape index (κ1) is 12.2. The Morgan fingerprint density at radius 2 is 2.19 bits per heavy atom. The van der Waals surface area contributed by atoms with Gasteiger partial charge in [0.15, 0.2) is 0 Å². The van der Waals surface area contributed by atoms with Crippen LogP contribution in [0.25, 0.3) is 10.6 Å². The van der Waals surface area contributed by atoms with Gasteiger partial charge in [0.1, 0.15) is 5.01 Å². The van der Waals surface area contributed by atoms with E-state index in [9.17, 15) is 0 Å². The molecule has 0 unspecified atom stereocenters. The summed E-state index contributed by atoms with van der Waals surface area (Å²) in [5.74, 6) is 0. The Balaban J connectivity index is 2.33. The highest BCUT2D eigenvalue weighted by Crippen LogP contribution is 2.34. The van der Waals surface area contributed by atoms with Gasteiger partial charge in [-0.1, -0.05) is 13.8 Å². The molecule has 2 aromatic heterocycles. The summed E-state index contributed by atoms with van der Waals surface area (Å²) in [5.41, 5.74) is 6.77. The number of thiazole rings is 1. The number of nitrogens with zero attached hydrogens (tertiary/aromatic N) is 1. The number of aromatic nitrogens is 1. The lowest BCUT2D eigenvalue weighted by Crippen LogP contribution is -2.27. The highest BCUT2D eigenvalue weighted by molar-refractivity contribution is 9.11. The minimum absolute atomic E-state index is 0.0303. The van der Waals surface area contributed by atoms with Crippen molar-refractivity contribution in [3.05, 3.63) is 26.3 Å². The van der Waals surface area contributed by atoms with Crippen molar-refractivity contribution in [2.45, 2.75) is 19.3 Å². The molecule has 0 atom stereocenters. The maximum atomic E-state index is 5.75. The molecule has 0 radical (unpaired) electrons. The lowest BCUT2D eigenvalue weighted by atomic mass is 9.95. The van der Waals surface area contributed by atoms with E-state index in [-0.39, 0.29) is 5.41 Å². The van der Waals surface area contributed by atoms with Gasteiger partial charge in [0, 0.05) is 17.3 Å². The SMILES string of the molecule is CC(C)(CN)c1nc(-c2ccc(Br)s2)cs1. The van der Waals surface area contributed by atoms with Crippen molar-refractivity contribution in [1.82, 2.24) is 4.98 Å². The normalized spacial score (nSPS) is 12.0. The van der Waals surface area contributed by atoms with E-state index < -0.39 is 0 Å². The van der Waals surface area contributed by atoms with Gasteiger partial charge in [-0.05, 0) is 28.1 Å². The Morgan fingerprint density at radius 3 is 2.75 bits per heavy atom. The predicted molar refractivity (Wildman–Crippen MR) is 75.2 cm³/mol. The molecule has 5 heteroatoms. The minimum Gasteiger partial charge on any atom is -0.330 e. The molecule has 0 saturated carbocycles. The molecular formula is C11H13BrN2S2. The van der Waals surface area contributed by atoms with E-state index in [1.54, 1.807) is 22.7 Å². The summed E-state index contributed by atoms with van der Waals surface area (Å²) in [6, 6.07) is 4.14. The van der Waals surface area contributed by atoms with E-state index in [2.05, 4.69) is 46.2 Å². The van der Waals surface area contributed by atoms with Crippen LogP contribution < -0.4 is 5.73 Å². The second-order valence-corrected chi connectivity index (χ2v) is 7.55. The highest BCUT2D eigenvalue weighted by Gasteiger charge is 2.22. The van der Waals surface area contributed by atoms with Gasteiger partial charge in [-0.2, -0.15) is 0 Å². The maximum Gasteiger partial charge on any atom is 0.100 e. The molecule has 2 N–H and O–H groups in total. The van der Waals surface area contributed by atoms with Gasteiger partial charge in [0.05, 0.1) is 14.4 Å².